The predicted octanol–water partition coefficient (Wildman–Crippen LogP) is 0.672. The van der Waals surface area contributed by atoms with Gasteiger partial charge in [0, 0.05) is 20.1 Å². The van der Waals surface area contributed by atoms with Gasteiger partial charge in [0.1, 0.15) is 0 Å². The van der Waals surface area contributed by atoms with Crippen molar-refractivity contribution in [3.8, 4) is 0 Å². The van der Waals surface area contributed by atoms with Crippen LogP contribution in [0.3, 0.4) is 0 Å². The number of sulfonamides is 1. The number of aliphatic carboxylic acids is 1. The second-order valence-electron chi connectivity index (χ2n) is 4.35. The number of hydrogen-bond donors (Lipinski definition) is 2. The van der Waals surface area contributed by atoms with Crippen LogP contribution >= 0.6 is 0 Å². The van der Waals surface area contributed by atoms with Gasteiger partial charge in [0.05, 0.1) is 11.4 Å². The van der Waals surface area contributed by atoms with Crippen molar-refractivity contribution in [1.29, 1.82) is 0 Å². The van der Waals surface area contributed by atoms with Crippen molar-refractivity contribution in [3.05, 3.63) is 29.8 Å². The molecule has 106 valence electrons. The summed E-state index contributed by atoms with van der Waals surface area (Å²) in [5.41, 5.74) is 0.832. The largest absolute Gasteiger partial charge is 0.480 e. The van der Waals surface area contributed by atoms with Crippen molar-refractivity contribution >= 4 is 16.0 Å². The second-order valence-corrected chi connectivity index (χ2v) is 6.50. The number of nitrogens with zero attached hydrogens (tertiary/aromatic N) is 1. The Kier molecular flexibility index (Phi) is 5.04. The van der Waals surface area contributed by atoms with E-state index in [-0.39, 0.29) is 17.5 Å². The average molecular weight is 286 g/mol. The Morgan fingerprint density at radius 2 is 1.84 bits per heavy atom. The van der Waals surface area contributed by atoms with Gasteiger partial charge in [-0.15, -0.1) is 0 Å². The van der Waals surface area contributed by atoms with Crippen molar-refractivity contribution in [2.45, 2.75) is 17.9 Å². The molecule has 0 aliphatic carbocycles. The van der Waals surface area contributed by atoms with E-state index in [1.54, 1.807) is 12.1 Å². The van der Waals surface area contributed by atoms with E-state index in [1.807, 2.05) is 6.92 Å². The Labute approximate surface area is 113 Å². The summed E-state index contributed by atoms with van der Waals surface area (Å²) in [5.74, 6) is -0.932. The van der Waals surface area contributed by atoms with Crippen LogP contribution in [-0.2, 0) is 14.8 Å². The van der Waals surface area contributed by atoms with Gasteiger partial charge in [-0.05, 0) is 24.6 Å². The maximum atomic E-state index is 11.9. The van der Waals surface area contributed by atoms with Crippen LogP contribution in [0, 0.1) is 0 Å². The quantitative estimate of drug-likeness (QED) is 0.802. The van der Waals surface area contributed by atoms with Gasteiger partial charge in [-0.25, -0.2) is 12.7 Å². The first kappa shape index (κ1) is 15.6. The molecule has 6 nitrogen and oxygen atoms in total. The lowest BCUT2D eigenvalue weighted by atomic mass is 10.1. The van der Waals surface area contributed by atoms with Gasteiger partial charge in [-0.3, -0.25) is 4.79 Å². The first-order valence-electron chi connectivity index (χ1n) is 5.73. The van der Waals surface area contributed by atoms with Gasteiger partial charge in [0.15, 0.2) is 0 Å². The minimum Gasteiger partial charge on any atom is -0.480 e. The molecule has 0 saturated heterocycles. The van der Waals surface area contributed by atoms with E-state index in [0.29, 0.717) is 0 Å². The summed E-state index contributed by atoms with van der Waals surface area (Å²) < 4.78 is 24.9. The zero-order valence-electron chi connectivity index (χ0n) is 11.1. The molecule has 2 N–H and O–H groups in total. The molecule has 19 heavy (non-hydrogen) atoms. The summed E-state index contributed by atoms with van der Waals surface area (Å²) in [7, 11) is -0.481. The smallest absolute Gasteiger partial charge is 0.317 e. The van der Waals surface area contributed by atoms with Crippen LogP contribution in [0.2, 0.25) is 0 Å². The Hall–Kier alpha value is -1.44. The minimum absolute atomic E-state index is 0.140. The van der Waals surface area contributed by atoms with E-state index >= 15 is 0 Å². The number of carboxylic acids is 1. The third-order valence-corrected chi connectivity index (χ3v) is 4.55. The third-order valence-electron chi connectivity index (χ3n) is 2.72. The molecular weight excluding hydrogens is 268 g/mol. The van der Waals surface area contributed by atoms with Gasteiger partial charge in [-0.1, -0.05) is 12.1 Å². The molecule has 0 aliphatic rings. The van der Waals surface area contributed by atoms with Crippen LogP contribution in [0.25, 0.3) is 0 Å². The van der Waals surface area contributed by atoms with Gasteiger partial charge in [0.2, 0.25) is 10.0 Å². The Morgan fingerprint density at radius 3 is 2.26 bits per heavy atom. The molecule has 0 aliphatic heterocycles. The van der Waals surface area contributed by atoms with Crippen LogP contribution in [0.15, 0.2) is 29.2 Å². The number of carbonyl (C=O) groups is 1. The minimum atomic E-state index is -3.43. The molecule has 0 fully saturated rings. The molecule has 0 spiro atoms. The lowest BCUT2D eigenvalue weighted by molar-refractivity contribution is -0.136. The maximum absolute atomic E-state index is 11.9. The highest BCUT2D eigenvalue weighted by Crippen LogP contribution is 2.17. The highest BCUT2D eigenvalue weighted by Gasteiger charge is 2.17. The zero-order chi connectivity index (χ0) is 14.6. The summed E-state index contributed by atoms with van der Waals surface area (Å²) in [6, 6.07) is 6.23. The number of hydrogen-bond acceptors (Lipinski definition) is 4. The van der Waals surface area contributed by atoms with Crippen molar-refractivity contribution in [3.63, 3.8) is 0 Å². The van der Waals surface area contributed by atoms with Crippen molar-refractivity contribution in [1.82, 2.24) is 9.62 Å². The first-order valence-corrected chi connectivity index (χ1v) is 7.17. The summed E-state index contributed by atoms with van der Waals surface area (Å²) in [6.45, 7) is 1.68. The Morgan fingerprint density at radius 1 is 1.32 bits per heavy atom. The highest BCUT2D eigenvalue weighted by atomic mass is 32.2. The first-order chi connectivity index (χ1) is 8.75. The summed E-state index contributed by atoms with van der Waals surface area (Å²) in [5, 5.41) is 11.4. The van der Waals surface area contributed by atoms with E-state index in [4.69, 9.17) is 5.11 Å². The molecule has 1 rings (SSSR count). The summed E-state index contributed by atoms with van der Waals surface area (Å²) >= 11 is 0. The molecule has 0 bridgehead atoms. The summed E-state index contributed by atoms with van der Waals surface area (Å²) in [6.07, 6.45) is 0. The fourth-order valence-electron chi connectivity index (χ4n) is 1.50. The normalized spacial score (nSPS) is 13.5. The Balaban J connectivity index is 2.85. The van der Waals surface area contributed by atoms with Gasteiger partial charge < -0.3 is 10.4 Å². The van der Waals surface area contributed by atoms with Crippen LogP contribution in [0.5, 0.6) is 0 Å². The molecule has 0 heterocycles. The number of benzene rings is 1. The molecule has 1 aromatic carbocycles. The molecular formula is C12H18N2O4S. The molecule has 1 atom stereocenters. The van der Waals surface area contributed by atoms with Gasteiger partial charge in [-0.2, -0.15) is 0 Å². The number of carboxylic acid groups (broad SMARTS) is 1. The van der Waals surface area contributed by atoms with Crippen molar-refractivity contribution in [2.75, 3.05) is 20.6 Å². The highest BCUT2D eigenvalue weighted by molar-refractivity contribution is 7.89. The monoisotopic (exact) mass is 286 g/mol. The molecule has 0 amide bonds. The fourth-order valence-corrected chi connectivity index (χ4v) is 2.40. The molecule has 7 heteroatoms. The topological polar surface area (TPSA) is 86.7 Å². The molecule has 0 aromatic heterocycles. The Bertz CT molecular complexity index is 537. The number of nitrogens with one attached hydrogen (secondary N) is 1. The second kappa shape index (κ2) is 6.14. The van der Waals surface area contributed by atoms with Gasteiger partial charge in [0.25, 0.3) is 0 Å². The van der Waals surface area contributed by atoms with Crippen LogP contribution < -0.4 is 5.32 Å². The molecule has 0 radical (unpaired) electrons. The lowest BCUT2D eigenvalue weighted by Gasteiger charge is -2.15. The third kappa shape index (κ3) is 4.02. The predicted molar refractivity (Wildman–Crippen MR) is 71.4 cm³/mol. The maximum Gasteiger partial charge on any atom is 0.317 e. The van der Waals surface area contributed by atoms with Crippen molar-refractivity contribution in [2.24, 2.45) is 0 Å². The van der Waals surface area contributed by atoms with Crippen LogP contribution in [-0.4, -0.2) is 44.4 Å². The van der Waals surface area contributed by atoms with E-state index in [9.17, 15) is 13.2 Å². The zero-order valence-corrected chi connectivity index (χ0v) is 11.9. The van der Waals surface area contributed by atoms with Crippen LogP contribution in [0.4, 0.5) is 0 Å². The molecule has 1 unspecified atom stereocenters. The lowest BCUT2D eigenvalue weighted by Crippen LogP contribution is -2.25. The standard InChI is InChI=1S/C12H18N2O4S/c1-9(13-8-12(15)16)10-4-6-11(7-5-10)19(17,18)14(2)3/h4-7,9,13H,8H2,1-3H3,(H,15,16). The fraction of sp³-hybridized carbons (Fsp3) is 0.417. The van der Waals surface area contributed by atoms with E-state index in [2.05, 4.69) is 5.32 Å². The summed E-state index contributed by atoms with van der Waals surface area (Å²) in [4.78, 5) is 10.7. The molecule has 1 aromatic rings. The van der Waals surface area contributed by atoms with E-state index in [0.717, 1.165) is 9.87 Å². The van der Waals surface area contributed by atoms with Crippen LogP contribution in [0.1, 0.15) is 18.5 Å². The van der Waals surface area contributed by atoms with Gasteiger partial charge >= 0.3 is 5.97 Å². The van der Waals surface area contributed by atoms with Crippen molar-refractivity contribution < 1.29 is 18.3 Å². The molecule has 0 saturated carbocycles. The van der Waals surface area contributed by atoms with E-state index in [1.165, 1.54) is 26.2 Å². The van der Waals surface area contributed by atoms with E-state index < -0.39 is 16.0 Å². The average Bonchev–Trinajstić information content (AvgIpc) is 2.35. The SMILES string of the molecule is CC(NCC(=O)O)c1ccc(S(=O)(=O)N(C)C)cc1. The number of rotatable bonds is 6.